The number of carbonyl (C=O) groups is 1. The molecular formula is C13H15BrN4O2. The Kier molecular flexibility index (Phi) is 4.39. The van der Waals surface area contributed by atoms with Crippen molar-refractivity contribution in [2.75, 3.05) is 5.32 Å². The molecule has 0 saturated heterocycles. The Labute approximate surface area is 124 Å². The molecule has 0 unspecified atom stereocenters. The Morgan fingerprint density at radius 3 is 2.85 bits per heavy atom. The first-order valence-corrected chi connectivity index (χ1v) is 6.96. The highest BCUT2D eigenvalue weighted by atomic mass is 79.9. The minimum atomic E-state index is -0.271. The van der Waals surface area contributed by atoms with Gasteiger partial charge in [0.05, 0.1) is 6.20 Å². The molecule has 0 aliphatic heterocycles. The molecule has 1 N–H and O–H groups in total. The first-order chi connectivity index (χ1) is 9.47. The fourth-order valence-electron chi connectivity index (χ4n) is 1.79. The molecule has 7 heteroatoms. The van der Waals surface area contributed by atoms with Crippen LogP contribution in [-0.4, -0.2) is 20.3 Å². The van der Waals surface area contributed by atoms with Crippen molar-refractivity contribution < 1.29 is 4.79 Å². The van der Waals surface area contributed by atoms with E-state index in [0.717, 1.165) is 4.47 Å². The van der Waals surface area contributed by atoms with Crippen molar-refractivity contribution in [1.29, 1.82) is 0 Å². The van der Waals surface area contributed by atoms with Gasteiger partial charge >= 0.3 is 0 Å². The number of hydrogen-bond acceptors (Lipinski definition) is 3. The second-order valence-electron chi connectivity index (χ2n) is 4.62. The van der Waals surface area contributed by atoms with Crippen LogP contribution in [0.15, 0.2) is 39.9 Å². The predicted octanol–water partition coefficient (Wildman–Crippen LogP) is 2.03. The molecule has 6 nitrogen and oxygen atoms in total. The van der Waals surface area contributed by atoms with Gasteiger partial charge in [0.15, 0.2) is 0 Å². The topological polar surface area (TPSA) is 68.9 Å². The van der Waals surface area contributed by atoms with E-state index >= 15 is 0 Å². The van der Waals surface area contributed by atoms with E-state index in [9.17, 15) is 9.59 Å². The van der Waals surface area contributed by atoms with E-state index in [0.29, 0.717) is 5.82 Å². The summed E-state index contributed by atoms with van der Waals surface area (Å²) in [5.74, 6) is 0.348. The number of aromatic nitrogens is 3. The van der Waals surface area contributed by atoms with Crippen molar-refractivity contribution in [3.05, 3.63) is 45.4 Å². The third kappa shape index (κ3) is 3.36. The molecule has 0 radical (unpaired) electrons. The number of hydrogen-bond donors (Lipinski definition) is 1. The summed E-state index contributed by atoms with van der Waals surface area (Å²) in [4.78, 5) is 23.6. The van der Waals surface area contributed by atoms with Crippen LogP contribution in [0.3, 0.4) is 0 Å². The highest BCUT2D eigenvalue weighted by Gasteiger charge is 2.10. The van der Waals surface area contributed by atoms with Gasteiger partial charge in [0.1, 0.15) is 12.4 Å². The summed E-state index contributed by atoms with van der Waals surface area (Å²) in [6.45, 7) is 3.91. The van der Waals surface area contributed by atoms with Crippen molar-refractivity contribution in [2.24, 2.45) is 0 Å². The van der Waals surface area contributed by atoms with Crippen molar-refractivity contribution in [1.82, 2.24) is 14.3 Å². The van der Waals surface area contributed by atoms with Gasteiger partial charge in [-0.2, -0.15) is 5.10 Å². The molecular weight excluding hydrogens is 324 g/mol. The number of amides is 1. The standard InChI is InChI=1S/C13H15BrN4O2/c1-9(2)18-11(5-6-15-18)16-12(19)8-17-7-10(14)3-4-13(17)20/h3-7,9H,8H2,1-2H3,(H,16,19). The molecule has 2 aromatic heterocycles. The molecule has 2 aromatic rings. The molecule has 0 bridgehead atoms. The van der Waals surface area contributed by atoms with Crippen LogP contribution in [-0.2, 0) is 11.3 Å². The van der Waals surface area contributed by atoms with Crippen LogP contribution in [0.2, 0.25) is 0 Å². The van der Waals surface area contributed by atoms with Crippen molar-refractivity contribution in [3.63, 3.8) is 0 Å². The van der Waals surface area contributed by atoms with Gasteiger partial charge in [-0.1, -0.05) is 0 Å². The molecule has 0 atom stereocenters. The van der Waals surface area contributed by atoms with Crippen molar-refractivity contribution in [2.45, 2.75) is 26.4 Å². The SMILES string of the molecule is CC(C)n1nccc1NC(=O)Cn1cc(Br)ccc1=O. The maximum Gasteiger partial charge on any atom is 0.251 e. The average Bonchev–Trinajstić information content (AvgIpc) is 2.82. The Bertz CT molecular complexity index is 675. The monoisotopic (exact) mass is 338 g/mol. The second kappa shape index (κ2) is 6.04. The summed E-state index contributed by atoms with van der Waals surface area (Å²) in [7, 11) is 0. The molecule has 2 rings (SSSR count). The van der Waals surface area contributed by atoms with Gasteiger partial charge in [0.2, 0.25) is 5.91 Å². The van der Waals surface area contributed by atoms with Gasteiger partial charge in [0.25, 0.3) is 5.56 Å². The zero-order valence-electron chi connectivity index (χ0n) is 11.2. The van der Waals surface area contributed by atoms with Crippen molar-refractivity contribution in [3.8, 4) is 0 Å². The third-order valence-corrected chi connectivity index (χ3v) is 3.16. The minimum Gasteiger partial charge on any atom is -0.309 e. The number of rotatable bonds is 4. The number of nitrogens with one attached hydrogen (secondary N) is 1. The van der Waals surface area contributed by atoms with E-state index in [2.05, 4.69) is 26.3 Å². The number of carbonyl (C=O) groups excluding carboxylic acids is 1. The zero-order chi connectivity index (χ0) is 14.7. The van der Waals surface area contributed by atoms with Crippen LogP contribution >= 0.6 is 15.9 Å². The lowest BCUT2D eigenvalue weighted by atomic mass is 10.4. The van der Waals surface area contributed by atoms with Gasteiger partial charge in [-0.15, -0.1) is 0 Å². The van der Waals surface area contributed by atoms with Crippen LogP contribution in [0.5, 0.6) is 0 Å². The number of pyridine rings is 1. The molecule has 0 saturated carbocycles. The molecule has 0 aromatic carbocycles. The molecule has 0 spiro atoms. The summed E-state index contributed by atoms with van der Waals surface area (Å²) in [6, 6.07) is 4.93. The summed E-state index contributed by atoms with van der Waals surface area (Å²) >= 11 is 3.27. The highest BCUT2D eigenvalue weighted by molar-refractivity contribution is 9.10. The lowest BCUT2D eigenvalue weighted by Crippen LogP contribution is -2.27. The molecule has 0 aliphatic rings. The quantitative estimate of drug-likeness (QED) is 0.927. The van der Waals surface area contributed by atoms with E-state index in [4.69, 9.17) is 0 Å². The molecule has 106 valence electrons. The predicted molar refractivity (Wildman–Crippen MR) is 79.6 cm³/mol. The van der Waals surface area contributed by atoms with Gasteiger partial charge < -0.3 is 9.88 Å². The lowest BCUT2D eigenvalue weighted by Gasteiger charge is -2.12. The molecule has 1 amide bonds. The summed E-state index contributed by atoms with van der Waals surface area (Å²) in [6.07, 6.45) is 3.21. The van der Waals surface area contributed by atoms with Crippen LogP contribution in [0.1, 0.15) is 19.9 Å². The fraction of sp³-hybridized carbons (Fsp3) is 0.308. The molecule has 2 heterocycles. The van der Waals surface area contributed by atoms with E-state index < -0.39 is 0 Å². The molecule has 0 fully saturated rings. The van der Waals surface area contributed by atoms with E-state index in [1.165, 1.54) is 10.6 Å². The van der Waals surface area contributed by atoms with Crippen LogP contribution in [0.25, 0.3) is 0 Å². The summed E-state index contributed by atoms with van der Waals surface area (Å²) < 4.78 is 3.80. The number of anilines is 1. The fourth-order valence-corrected chi connectivity index (χ4v) is 2.17. The molecule has 0 aliphatic carbocycles. The minimum absolute atomic E-state index is 0.0401. The first-order valence-electron chi connectivity index (χ1n) is 6.16. The van der Waals surface area contributed by atoms with Gasteiger partial charge in [-0.25, -0.2) is 4.68 Å². The van der Waals surface area contributed by atoms with Crippen molar-refractivity contribution >= 4 is 27.7 Å². The summed E-state index contributed by atoms with van der Waals surface area (Å²) in [5.41, 5.74) is -0.222. The van der Waals surface area contributed by atoms with Gasteiger partial charge in [0, 0.05) is 28.8 Å². The Hall–Kier alpha value is -1.89. The van der Waals surface area contributed by atoms with Gasteiger partial charge in [-0.3, -0.25) is 9.59 Å². The molecule has 20 heavy (non-hydrogen) atoms. The Morgan fingerprint density at radius 2 is 2.15 bits per heavy atom. The smallest absolute Gasteiger partial charge is 0.251 e. The number of nitrogens with zero attached hydrogens (tertiary/aromatic N) is 3. The van der Waals surface area contributed by atoms with E-state index in [-0.39, 0.29) is 24.1 Å². The van der Waals surface area contributed by atoms with E-state index in [1.807, 2.05) is 13.8 Å². The average molecular weight is 339 g/mol. The maximum atomic E-state index is 12.0. The lowest BCUT2D eigenvalue weighted by molar-refractivity contribution is -0.116. The van der Waals surface area contributed by atoms with Crippen LogP contribution < -0.4 is 10.9 Å². The normalized spacial score (nSPS) is 10.8. The number of halogens is 1. The third-order valence-electron chi connectivity index (χ3n) is 2.69. The zero-order valence-corrected chi connectivity index (χ0v) is 12.8. The largest absolute Gasteiger partial charge is 0.309 e. The van der Waals surface area contributed by atoms with E-state index in [1.54, 1.807) is 29.2 Å². The van der Waals surface area contributed by atoms with Gasteiger partial charge in [-0.05, 0) is 35.8 Å². The summed E-state index contributed by atoms with van der Waals surface area (Å²) in [5, 5.41) is 6.89. The first kappa shape index (κ1) is 14.5. The highest BCUT2D eigenvalue weighted by Crippen LogP contribution is 2.13. The Morgan fingerprint density at radius 1 is 1.40 bits per heavy atom. The van der Waals surface area contributed by atoms with Crippen LogP contribution in [0, 0.1) is 0 Å². The Balaban J connectivity index is 2.11. The van der Waals surface area contributed by atoms with Crippen LogP contribution in [0.4, 0.5) is 5.82 Å². The second-order valence-corrected chi connectivity index (χ2v) is 5.53. The maximum absolute atomic E-state index is 12.0.